The minimum atomic E-state index is -0.376. The van der Waals surface area contributed by atoms with E-state index in [9.17, 15) is 9.18 Å². The number of benzene rings is 2. The van der Waals surface area contributed by atoms with E-state index >= 15 is 0 Å². The number of para-hydroxylation sites is 2. The normalized spacial score (nSPS) is 16.9. The maximum absolute atomic E-state index is 14.9. The quantitative estimate of drug-likeness (QED) is 0.330. The Labute approximate surface area is 212 Å². The molecule has 6 rings (SSSR count). The zero-order chi connectivity index (χ0) is 25.4. The number of carbonyl (C=O) groups is 1. The Bertz CT molecular complexity index is 1570. The highest BCUT2D eigenvalue weighted by Gasteiger charge is 2.36. The topological polar surface area (TPSA) is 97.7 Å². The lowest BCUT2D eigenvalue weighted by Crippen LogP contribution is -2.44. The molecule has 0 unspecified atom stereocenters. The Morgan fingerprint density at radius 3 is 2.76 bits per heavy atom. The fourth-order valence-corrected chi connectivity index (χ4v) is 4.85. The number of aromatic amines is 1. The van der Waals surface area contributed by atoms with Gasteiger partial charge in [0.1, 0.15) is 23.1 Å². The molecule has 0 saturated heterocycles. The third-order valence-corrected chi connectivity index (χ3v) is 6.73. The van der Waals surface area contributed by atoms with Crippen LogP contribution in [0.5, 0.6) is 5.75 Å². The molecular formula is C28H25FN6O2. The van der Waals surface area contributed by atoms with Gasteiger partial charge >= 0.3 is 0 Å². The van der Waals surface area contributed by atoms with E-state index in [1.54, 1.807) is 35.0 Å². The van der Waals surface area contributed by atoms with Crippen molar-refractivity contribution in [3.05, 3.63) is 90.3 Å². The Balaban J connectivity index is 1.26. The maximum Gasteiger partial charge on any atom is 0.253 e. The summed E-state index contributed by atoms with van der Waals surface area (Å²) in [6.45, 7) is 2.44. The Hall–Kier alpha value is -4.53. The van der Waals surface area contributed by atoms with Gasteiger partial charge in [-0.05, 0) is 56.2 Å². The van der Waals surface area contributed by atoms with Crippen LogP contribution < -0.4 is 10.1 Å². The molecule has 2 N–H and O–H groups in total. The third-order valence-electron chi connectivity index (χ3n) is 6.73. The second-order valence-electron chi connectivity index (χ2n) is 9.07. The van der Waals surface area contributed by atoms with Crippen molar-refractivity contribution in [2.45, 2.75) is 31.7 Å². The molecule has 1 amide bonds. The maximum atomic E-state index is 14.9. The number of halogens is 1. The summed E-state index contributed by atoms with van der Waals surface area (Å²) in [5, 5.41) is 13.0. The number of hydrogen-bond acceptors (Lipinski definition) is 5. The van der Waals surface area contributed by atoms with Gasteiger partial charge in [-0.15, -0.1) is 10.2 Å². The summed E-state index contributed by atoms with van der Waals surface area (Å²) in [6, 6.07) is 17.7. The van der Waals surface area contributed by atoms with Crippen molar-refractivity contribution < 1.29 is 13.9 Å². The lowest BCUT2D eigenvalue weighted by Gasteiger charge is -2.35. The lowest BCUT2D eigenvalue weighted by atomic mass is 9.79. The number of H-pyrrole nitrogens is 1. The highest BCUT2D eigenvalue weighted by Crippen LogP contribution is 2.39. The zero-order valence-corrected chi connectivity index (χ0v) is 20.2. The molecule has 9 heteroatoms. The molecule has 3 heterocycles. The number of amides is 1. The summed E-state index contributed by atoms with van der Waals surface area (Å²) in [4.78, 5) is 20.6. The van der Waals surface area contributed by atoms with Gasteiger partial charge in [0.15, 0.2) is 5.82 Å². The van der Waals surface area contributed by atoms with Gasteiger partial charge in [0.25, 0.3) is 5.91 Å². The minimum absolute atomic E-state index is 0.00938. The van der Waals surface area contributed by atoms with Gasteiger partial charge in [-0.2, -0.15) is 0 Å². The van der Waals surface area contributed by atoms with Crippen molar-refractivity contribution in [3.63, 3.8) is 0 Å². The van der Waals surface area contributed by atoms with E-state index in [0.717, 1.165) is 10.9 Å². The number of ether oxygens (including phenoxy) is 1. The van der Waals surface area contributed by atoms with E-state index < -0.39 is 0 Å². The number of pyridine rings is 1. The number of nitrogens with zero attached hydrogens (tertiary/aromatic N) is 4. The molecule has 1 fully saturated rings. The average Bonchev–Trinajstić information content (AvgIpc) is 3.54. The summed E-state index contributed by atoms with van der Waals surface area (Å²) < 4.78 is 22.2. The predicted octanol–water partition coefficient (Wildman–Crippen LogP) is 5.02. The summed E-state index contributed by atoms with van der Waals surface area (Å²) in [5.41, 5.74) is 2.36. The predicted molar refractivity (Wildman–Crippen MR) is 137 cm³/mol. The number of nitrogens with one attached hydrogen (secondary N) is 2. The summed E-state index contributed by atoms with van der Waals surface area (Å²) >= 11 is 0. The van der Waals surface area contributed by atoms with Crippen molar-refractivity contribution in [1.29, 1.82) is 0 Å². The largest absolute Gasteiger partial charge is 0.492 e. The van der Waals surface area contributed by atoms with E-state index in [4.69, 9.17) is 4.74 Å². The van der Waals surface area contributed by atoms with Crippen molar-refractivity contribution >= 4 is 16.8 Å². The molecule has 1 aliphatic rings. The number of aromatic nitrogens is 5. The van der Waals surface area contributed by atoms with Crippen LogP contribution in [0.25, 0.3) is 28.1 Å². The highest BCUT2D eigenvalue weighted by molar-refractivity contribution is 6.05. The molecule has 8 nitrogen and oxygen atoms in total. The number of hydrogen-bond donors (Lipinski definition) is 2. The first kappa shape index (κ1) is 22.9. The molecule has 0 aliphatic heterocycles. The van der Waals surface area contributed by atoms with Gasteiger partial charge < -0.3 is 15.0 Å². The van der Waals surface area contributed by atoms with E-state index in [0.29, 0.717) is 53.8 Å². The Morgan fingerprint density at radius 2 is 1.97 bits per heavy atom. The molecule has 0 spiro atoms. The molecule has 5 aromatic rings. The first-order valence-electron chi connectivity index (χ1n) is 12.3. The summed E-state index contributed by atoms with van der Waals surface area (Å²) in [7, 11) is 0. The lowest BCUT2D eigenvalue weighted by molar-refractivity contribution is 0.0908. The molecule has 0 atom stereocenters. The van der Waals surface area contributed by atoms with Gasteiger partial charge in [-0.3, -0.25) is 9.36 Å². The first-order chi connectivity index (χ1) is 18.1. The van der Waals surface area contributed by atoms with Crippen molar-refractivity contribution in [3.8, 4) is 23.0 Å². The van der Waals surface area contributed by atoms with Gasteiger partial charge in [0.05, 0.1) is 29.6 Å². The van der Waals surface area contributed by atoms with Gasteiger partial charge in [0.2, 0.25) is 0 Å². The molecule has 1 saturated carbocycles. The molecular weight excluding hydrogens is 471 g/mol. The van der Waals surface area contributed by atoms with Crippen LogP contribution in [0.15, 0.2) is 73.1 Å². The molecule has 0 radical (unpaired) electrons. The van der Waals surface area contributed by atoms with E-state index in [2.05, 4.69) is 25.5 Å². The fourth-order valence-electron chi connectivity index (χ4n) is 4.85. The molecule has 0 bridgehead atoms. The van der Waals surface area contributed by atoms with E-state index in [1.807, 2.05) is 43.5 Å². The zero-order valence-electron chi connectivity index (χ0n) is 20.2. The molecule has 186 valence electrons. The summed E-state index contributed by atoms with van der Waals surface area (Å²) in [5.74, 6) is 1.26. The van der Waals surface area contributed by atoms with Crippen LogP contribution in [-0.4, -0.2) is 43.3 Å². The monoisotopic (exact) mass is 496 g/mol. The summed E-state index contributed by atoms with van der Waals surface area (Å²) in [6.07, 6.45) is 4.80. The first-order valence-corrected chi connectivity index (χ1v) is 12.3. The van der Waals surface area contributed by atoms with E-state index in [1.165, 1.54) is 6.07 Å². The van der Waals surface area contributed by atoms with Crippen molar-refractivity contribution in [2.24, 2.45) is 0 Å². The van der Waals surface area contributed by atoms with Gasteiger partial charge in [-0.1, -0.05) is 24.3 Å². The smallest absolute Gasteiger partial charge is 0.253 e. The standard InChI is InChI=1S/C28H25FN6O2/c1-2-37-20-10-11-23(31-16-20)27-34-33-26(35(27)24-9-4-3-8-22(24)29)18-14-19(15-18)32-28(36)21-7-5-6-17-12-13-30-25(17)21/h3-13,16,18-19,30H,2,14-15H2,1H3,(H,32,36)/t18-,19-. The third kappa shape index (κ3) is 4.22. The molecule has 1 aliphatic carbocycles. The van der Waals surface area contributed by atoms with Crippen LogP contribution in [0.4, 0.5) is 4.39 Å². The van der Waals surface area contributed by atoms with Crippen molar-refractivity contribution in [1.82, 2.24) is 30.0 Å². The van der Waals surface area contributed by atoms with Crippen molar-refractivity contribution in [2.75, 3.05) is 6.61 Å². The fraction of sp³-hybridized carbons (Fsp3) is 0.214. The Morgan fingerprint density at radius 1 is 1.11 bits per heavy atom. The number of rotatable bonds is 7. The van der Waals surface area contributed by atoms with Crippen LogP contribution in [0, 0.1) is 5.82 Å². The van der Waals surface area contributed by atoms with Gasteiger partial charge in [0, 0.05) is 23.5 Å². The van der Waals surface area contributed by atoms with Gasteiger partial charge in [-0.25, -0.2) is 9.37 Å². The van der Waals surface area contributed by atoms with Crippen LogP contribution in [0.3, 0.4) is 0 Å². The SMILES string of the molecule is CCOc1ccc(-c2nnc([C@H]3C[C@H](NC(=O)c4cccc5cc[nH]c45)C3)n2-c2ccccc2F)nc1. The number of fused-ring (bicyclic) bond motifs is 1. The van der Waals surface area contributed by atoms with Crippen LogP contribution >= 0.6 is 0 Å². The number of carbonyl (C=O) groups excluding carboxylic acids is 1. The van der Waals surface area contributed by atoms with Crippen LogP contribution in [-0.2, 0) is 0 Å². The Kier molecular flexibility index (Phi) is 5.88. The molecule has 3 aromatic heterocycles. The second kappa shape index (κ2) is 9.50. The molecule has 37 heavy (non-hydrogen) atoms. The van der Waals surface area contributed by atoms with Crippen LogP contribution in [0.1, 0.15) is 41.9 Å². The average molecular weight is 497 g/mol. The van der Waals surface area contributed by atoms with E-state index in [-0.39, 0.29) is 23.7 Å². The molecule has 2 aromatic carbocycles. The van der Waals surface area contributed by atoms with Crippen LogP contribution in [0.2, 0.25) is 0 Å². The second-order valence-corrected chi connectivity index (χ2v) is 9.07. The highest BCUT2D eigenvalue weighted by atomic mass is 19.1. The minimum Gasteiger partial charge on any atom is -0.492 e.